The van der Waals surface area contributed by atoms with Crippen molar-refractivity contribution in [2.45, 2.75) is 5.41 Å². The molecule has 0 aliphatic carbocycles. The highest BCUT2D eigenvalue weighted by Crippen LogP contribution is 2.46. The number of nitrogens with zero attached hydrogens (tertiary/aromatic N) is 8. The molecule has 0 heterocycles. The van der Waals surface area contributed by atoms with Crippen molar-refractivity contribution in [3.63, 3.8) is 0 Å². The van der Waals surface area contributed by atoms with E-state index >= 15 is 0 Å². The molecule has 0 fully saturated rings. The minimum Gasteiger partial charge on any atom is -0.383 e. The highest BCUT2D eigenvalue weighted by atomic mass is 15.0. The van der Waals surface area contributed by atoms with E-state index in [0.717, 1.165) is 44.5 Å². The first-order valence-corrected chi connectivity index (χ1v) is 20.8. The van der Waals surface area contributed by atoms with Crippen LogP contribution in [0.25, 0.3) is 22.3 Å². The van der Waals surface area contributed by atoms with E-state index in [9.17, 15) is 0 Å². The monoisotopic (exact) mass is 821 g/mol. The van der Waals surface area contributed by atoms with Crippen LogP contribution in [0.5, 0.6) is 0 Å². The van der Waals surface area contributed by atoms with Gasteiger partial charge in [-0.3, -0.25) is 0 Å². The first kappa shape index (κ1) is 47.4. The quantitative estimate of drug-likeness (QED) is 0.0688. The second kappa shape index (κ2) is 21.3. The molecule has 0 saturated heterocycles. The van der Waals surface area contributed by atoms with E-state index in [1.807, 2.05) is 0 Å². The first-order valence-electron chi connectivity index (χ1n) is 20.8. The molecule has 0 N–H and O–H groups in total. The molecule has 0 saturated carbocycles. The van der Waals surface area contributed by atoms with Gasteiger partial charge in [0.25, 0.3) is 0 Å². The molecule has 0 atom stereocenters. The predicted octanol–water partition coefficient (Wildman–Crippen LogP) is 7.05. The minimum absolute atomic E-state index is 0.686. The zero-order valence-electron chi connectivity index (χ0n) is 39.9. The molecule has 320 valence electrons. The Morgan fingerprint density at radius 2 is 0.475 bits per heavy atom. The summed E-state index contributed by atoms with van der Waals surface area (Å²) in [4.78, 5) is 8.41. The number of rotatable bonds is 16. The van der Waals surface area contributed by atoms with Crippen molar-refractivity contribution in [1.82, 2.24) is 19.6 Å². The largest absolute Gasteiger partial charge is 0.383 e. The standard InChI is InChI=1S/C53H72N8/c1-54(2)33-45(34-55(3)4)41-17-25-49(26-18-41)53(50-27-19-42(20-28-50)46(35-56(5)6)36-57(7)8,51-29-21-43(22-30-51)47(37-58(9)10)38-59(11)12)52-31-23-44(24-32-52)48(39-60(13)14)40-61(15)16/h17-40H,1-16H3/q+4. The lowest BCUT2D eigenvalue weighted by atomic mass is 9.64. The van der Waals surface area contributed by atoms with Gasteiger partial charge in [0.1, 0.15) is 56.4 Å². The molecule has 4 aromatic carbocycles. The van der Waals surface area contributed by atoms with Crippen LogP contribution in [0.2, 0.25) is 0 Å². The molecule has 0 spiro atoms. The van der Waals surface area contributed by atoms with Gasteiger partial charge < -0.3 is 19.6 Å². The van der Waals surface area contributed by atoms with Crippen molar-refractivity contribution in [3.05, 3.63) is 166 Å². The zero-order valence-corrected chi connectivity index (χ0v) is 39.9. The van der Waals surface area contributed by atoms with Crippen LogP contribution in [-0.2, 0) is 5.41 Å². The van der Waals surface area contributed by atoms with Gasteiger partial charge in [-0.15, -0.1) is 0 Å². The Morgan fingerprint density at radius 1 is 0.311 bits per heavy atom. The summed E-state index contributed by atoms with van der Waals surface area (Å²) >= 11 is 0. The molecule has 8 heteroatoms. The average molecular weight is 821 g/mol. The number of hydrogen-bond donors (Lipinski definition) is 0. The fourth-order valence-electron chi connectivity index (χ4n) is 7.61. The lowest BCUT2D eigenvalue weighted by Gasteiger charge is -2.37. The fraction of sp³-hybridized carbons (Fsp3) is 0.321. The van der Waals surface area contributed by atoms with Gasteiger partial charge in [0, 0.05) is 81.2 Å². The number of allylic oxidation sites excluding steroid dienone is 4. The summed E-state index contributed by atoms with van der Waals surface area (Å²) in [6, 6.07) is 36.8. The van der Waals surface area contributed by atoms with Crippen LogP contribution in [0, 0.1) is 0 Å². The Kier molecular flexibility index (Phi) is 16.6. The smallest absolute Gasteiger partial charge is 0.172 e. The highest BCUT2D eigenvalue weighted by molar-refractivity contribution is 6.09. The number of benzene rings is 4. The summed E-state index contributed by atoms with van der Waals surface area (Å²) < 4.78 is 8.41. The Morgan fingerprint density at radius 3 is 0.607 bits per heavy atom. The lowest BCUT2D eigenvalue weighted by Crippen LogP contribution is -2.31. The van der Waals surface area contributed by atoms with Crippen LogP contribution in [0.3, 0.4) is 0 Å². The van der Waals surface area contributed by atoms with Crippen molar-refractivity contribution in [2.24, 2.45) is 0 Å². The summed E-state index contributed by atoms with van der Waals surface area (Å²) in [7, 11) is 33.1. The van der Waals surface area contributed by atoms with E-state index in [0.29, 0.717) is 0 Å². The van der Waals surface area contributed by atoms with Gasteiger partial charge in [-0.05, 0) is 44.5 Å². The minimum atomic E-state index is -0.686. The molecule has 0 radical (unpaired) electrons. The highest BCUT2D eigenvalue weighted by Gasteiger charge is 2.39. The summed E-state index contributed by atoms with van der Waals surface area (Å²) in [6.07, 6.45) is 17.4. The maximum atomic E-state index is 2.32. The molecule has 4 rings (SSSR count). The van der Waals surface area contributed by atoms with Gasteiger partial charge >= 0.3 is 0 Å². The van der Waals surface area contributed by atoms with Crippen LogP contribution in [-0.4, -0.2) is 176 Å². The molecule has 0 aliphatic rings. The van der Waals surface area contributed by atoms with Crippen LogP contribution < -0.4 is 0 Å². The maximum absolute atomic E-state index is 2.32. The molecule has 0 amide bonds. The number of hydrogen-bond acceptors (Lipinski definition) is 4. The van der Waals surface area contributed by atoms with E-state index in [1.54, 1.807) is 0 Å². The summed E-state index contributed by atoms with van der Waals surface area (Å²) in [6.45, 7) is 0. The third-order valence-electron chi connectivity index (χ3n) is 9.78. The van der Waals surface area contributed by atoms with E-state index in [-0.39, 0.29) is 0 Å². The van der Waals surface area contributed by atoms with Crippen molar-refractivity contribution < 1.29 is 18.3 Å². The Balaban J connectivity index is 2.17. The van der Waals surface area contributed by atoms with Gasteiger partial charge in [0.15, 0.2) is 24.9 Å². The van der Waals surface area contributed by atoms with Gasteiger partial charge in [-0.1, -0.05) is 97.1 Å². The fourth-order valence-corrected chi connectivity index (χ4v) is 7.61. The maximum Gasteiger partial charge on any atom is 0.172 e. The van der Waals surface area contributed by atoms with Gasteiger partial charge in [0.2, 0.25) is 0 Å². The predicted molar refractivity (Wildman–Crippen MR) is 264 cm³/mol. The Hall–Kier alpha value is -6.28. The van der Waals surface area contributed by atoms with Crippen LogP contribution in [0.4, 0.5) is 0 Å². The first-order chi connectivity index (χ1) is 28.8. The lowest BCUT2D eigenvalue weighted by molar-refractivity contribution is -0.458. The molecular weight excluding hydrogens is 749 g/mol. The van der Waals surface area contributed by atoms with E-state index in [4.69, 9.17) is 0 Å². The van der Waals surface area contributed by atoms with E-state index in [1.165, 1.54) is 22.3 Å². The molecular formula is C53H72N8+4. The summed E-state index contributed by atoms with van der Waals surface area (Å²) in [5.74, 6) is 0. The summed E-state index contributed by atoms with van der Waals surface area (Å²) in [5.41, 5.74) is 13.2. The third kappa shape index (κ3) is 12.9. The van der Waals surface area contributed by atoms with Crippen molar-refractivity contribution in [1.29, 1.82) is 0 Å². The third-order valence-corrected chi connectivity index (χ3v) is 9.78. The van der Waals surface area contributed by atoms with Crippen LogP contribution in [0.1, 0.15) is 44.5 Å². The Bertz CT molecular complexity index is 1990. The van der Waals surface area contributed by atoms with Gasteiger partial charge in [-0.2, -0.15) is 0 Å². The van der Waals surface area contributed by atoms with Gasteiger partial charge in [0.05, 0.1) is 27.7 Å². The molecule has 4 aromatic rings. The molecule has 61 heavy (non-hydrogen) atoms. The molecule has 0 aliphatic heterocycles. The molecule has 0 bridgehead atoms. The van der Waals surface area contributed by atoms with Crippen molar-refractivity contribution >= 4 is 47.2 Å². The van der Waals surface area contributed by atoms with Crippen molar-refractivity contribution in [3.8, 4) is 0 Å². The normalized spacial score (nSPS) is 12.3. The zero-order chi connectivity index (χ0) is 45.0. The molecule has 0 aromatic heterocycles. The SMILES string of the molecule is CN(C)/C=C(\C=[N+](C)C)c1ccc(C(c2ccc(/C(C=[N+](C)C)=C/N(C)C)cc2)(c2ccc(/C(C=[N+](C)C)=C\N(C)C)cc2)c2ccc(/C(C=[N+](C)C)=C\N(C)C)cc2)cc1. The van der Waals surface area contributed by atoms with E-state index in [2.05, 4.69) is 297 Å². The molecule has 8 nitrogen and oxygen atoms in total. The topological polar surface area (TPSA) is 25.0 Å². The van der Waals surface area contributed by atoms with E-state index < -0.39 is 5.41 Å². The summed E-state index contributed by atoms with van der Waals surface area (Å²) in [5, 5.41) is 0. The average Bonchev–Trinajstić information content (AvgIpc) is 3.17. The van der Waals surface area contributed by atoms with Crippen LogP contribution >= 0.6 is 0 Å². The molecule has 0 unspecified atom stereocenters. The van der Waals surface area contributed by atoms with Gasteiger partial charge in [-0.25, -0.2) is 18.3 Å². The second-order valence-electron chi connectivity index (χ2n) is 17.6. The van der Waals surface area contributed by atoms with Crippen LogP contribution in [0.15, 0.2) is 122 Å². The Labute approximate surface area is 368 Å². The second-order valence-corrected chi connectivity index (χ2v) is 17.6. The van der Waals surface area contributed by atoms with Crippen molar-refractivity contribution in [2.75, 3.05) is 113 Å².